The van der Waals surface area contributed by atoms with Crippen molar-refractivity contribution in [1.29, 1.82) is 0 Å². The highest BCUT2D eigenvalue weighted by atomic mass is 15.0. The molecule has 4 aromatic rings. The lowest BCUT2D eigenvalue weighted by Crippen LogP contribution is -2.13. The summed E-state index contributed by atoms with van der Waals surface area (Å²) in [5.41, 5.74) is 4.42. The van der Waals surface area contributed by atoms with Gasteiger partial charge in [0.15, 0.2) is 17.5 Å². The molecular formula is C26H23N3. The molecule has 142 valence electrons. The van der Waals surface area contributed by atoms with Gasteiger partial charge in [0.05, 0.1) is 0 Å². The summed E-state index contributed by atoms with van der Waals surface area (Å²) < 4.78 is 0. The van der Waals surface area contributed by atoms with Crippen LogP contribution in [-0.2, 0) is 6.42 Å². The van der Waals surface area contributed by atoms with Crippen LogP contribution < -0.4 is 0 Å². The topological polar surface area (TPSA) is 38.7 Å². The van der Waals surface area contributed by atoms with Gasteiger partial charge in [-0.25, -0.2) is 15.0 Å². The molecule has 0 saturated heterocycles. The van der Waals surface area contributed by atoms with Crippen LogP contribution in [0.5, 0.6) is 0 Å². The molecule has 1 aromatic heterocycles. The average molecular weight is 377 g/mol. The third-order valence-corrected chi connectivity index (χ3v) is 5.66. The quantitative estimate of drug-likeness (QED) is 0.415. The summed E-state index contributed by atoms with van der Waals surface area (Å²) in [4.78, 5) is 14.3. The van der Waals surface area contributed by atoms with Gasteiger partial charge in [-0.3, -0.25) is 0 Å². The van der Waals surface area contributed by atoms with E-state index in [1.807, 2.05) is 60.7 Å². The van der Waals surface area contributed by atoms with Crippen LogP contribution in [0.15, 0.2) is 84.9 Å². The zero-order chi connectivity index (χ0) is 19.5. The van der Waals surface area contributed by atoms with Crippen LogP contribution in [0.25, 0.3) is 34.2 Å². The molecule has 0 N–H and O–H groups in total. The molecule has 3 aromatic carbocycles. The predicted molar refractivity (Wildman–Crippen MR) is 117 cm³/mol. The maximum atomic E-state index is 4.80. The van der Waals surface area contributed by atoms with Gasteiger partial charge < -0.3 is 0 Å². The van der Waals surface area contributed by atoms with E-state index in [1.54, 1.807) is 0 Å². The van der Waals surface area contributed by atoms with Gasteiger partial charge in [-0.2, -0.15) is 0 Å². The van der Waals surface area contributed by atoms with Gasteiger partial charge in [0.25, 0.3) is 0 Å². The second-order valence-corrected chi connectivity index (χ2v) is 7.74. The van der Waals surface area contributed by atoms with Crippen LogP contribution in [0.3, 0.4) is 0 Å². The maximum Gasteiger partial charge on any atom is 0.164 e. The summed E-state index contributed by atoms with van der Waals surface area (Å²) in [5.74, 6) is 2.99. The Kier molecular flexibility index (Phi) is 4.87. The molecule has 0 atom stereocenters. The summed E-state index contributed by atoms with van der Waals surface area (Å²) >= 11 is 0. The van der Waals surface area contributed by atoms with Gasteiger partial charge in [-0.1, -0.05) is 104 Å². The molecule has 0 spiro atoms. The molecule has 1 saturated carbocycles. The molecule has 0 radical (unpaired) electrons. The van der Waals surface area contributed by atoms with Crippen molar-refractivity contribution in [3.05, 3.63) is 90.5 Å². The van der Waals surface area contributed by atoms with E-state index in [9.17, 15) is 0 Å². The van der Waals surface area contributed by atoms with Gasteiger partial charge in [-0.15, -0.1) is 0 Å². The third kappa shape index (κ3) is 3.95. The van der Waals surface area contributed by atoms with Crippen LogP contribution in [0.2, 0.25) is 0 Å². The fraction of sp³-hybridized carbons (Fsp3) is 0.192. The molecule has 3 heteroatoms. The summed E-state index contributed by atoms with van der Waals surface area (Å²) in [5, 5.41) is 0. The van der Waals surface area contributed by atoms with Crippen LogP contribution >= 0.6 is 0 Å². The predicted octanol–water partition coefficient (Wildman–Crippen LogP) is 6.22. The molecule has 3 nitrogen and oxygen atoms in total. The summed E-state index contributed by atoms with van der Waals surface area (Å²) in [6.45, 7) is 0. The van der Waals surface area contributed by atoms with E-state index in [4.69, 9.17) is 15.0 Å². The molecule has 1 fully saturated rings. The minimum atomic E-state index is 0.702. The highest BCUT2D eigenvalue weighted by Crippen LogP contribution is 2.30. The van der Waals surface area contributed by atoms with E-state index in [-0.39, 0.29) is 0 Å². The Morgan fingerprint density at radius 1 is 0.552 bits per heavy atom. The van der Waals surface area contributed by atoms with Crippen LogP contribution in [0.1, 0.15) is 24.8 Å². The van der Waals surface area contributed by atoms with E-state index in [0.29, 0.717) is 17.5 Å². The highest BCUT2D eigenvalue weighted by molar-refractivity contribution is 5.66. The Morgan fingerprint density at radius 2 is 1.00 bits per heavy atom. The van der Waals surface area contributed by atoms with Crippen molar-refractivity contribution in [2.45, 2.75) is 25.7 Å². The van der Waals surface area contributed by atoms with E-state index >= 15 is 0 Å². The number of hydrogen-bond acceptors (Lipinski definition) is 3. The van der Waals surface area contributed by atoms with Gasteiger partial charge in [-0.05, 0) is 17.9 Å². The molecule has 5 rings (SSSR count). The Balaban J connectivity index is 1.54. The summed E-state index contributed by atoms with van der Waals surface area (Å²) in [6, 6.07) is 28.9. The smallest absolute Gasteiger partial charge is 0.164 e. The normalized spacial score (nSPS) is 13.8. The number of aromatic nitrogens is 3. The average Bonchev–Trinajstić information content (AvgIpc) is 2.78. The van der Waals surface area contributed by atoms with Gasteiger partial charge in [0, 0.05) is 16.7 Å². The van der Waals surface area contributed by atoms with Crippen LogP contribution in [-0.4, -0.2) is 15.0 Å². The number of benzene rings is 3. The summed E-state index contributed by atoms with van der Waals surface area (Å²) in [6.07, 6.45) is 5.31. The monoisotopic (exact) mass is 377 g/mol. The molecule has 0 amide bonds. The van der Waals surface area contributed by atoms with Crippen molar-refractivity contribution in [2.24, 2.45) is 5.92 Å². The fourth-order valence-corrected chi connectivity index (χ4v) is 3.76. The van der Waals surface area contributed by atoms with Crippen molar-refractivity contribution < 1.29 is 0 Å². The molecule has 0 bridgehead atoms. The minimum Gasteiger partial charge on any atom is -0.208 e. The SMILES string of the molecule is c1ccc(-c2nc(-c3ccccc3)nc(-c3ccc(CC4CCC4)cc3)n2)cc1. The Hall–Kier alpha value is -3.33. The molecular weight excluding hydrogens is 354 g/mol. The van der Waals surface area contributed by atoms with Crippen molar-refractivity contribution in [3.63, 3.8) is 0 Å². The molecule has 1 heterocycles. The van der Waals surface area contributed by atoms with Crippen molar-refractivity contribution in [3.8, 4) is 34.2 Å². The largest absolute Gasteiger partial charge is 0.208 e. The Labute approximate surface area is 171 Å². The van der Waals surface area contributed by atoms with E-state index in [1.165, 1.54) is 31.2 Å². The molecule has 1 aliphatic rings. The number of hydrogen-bond donors (Lipinski definition) is 0. The lowest BCUT2D eigenvalue weighted by atomic mass is 9.81. The van der Waals surface area contributed by atoms with Gasteiger partial charge >= 0.3 is 0 Å². The fourth-order valence-electron chi connectivity index (χ4n) is 3.76. The first-order valence-electron chi connectivity index (χ1n) is 10.3. The zero-order valence-corrected chi connectivity index (χ0v) is 16.3. The Bertz CT molecular complexity index is 1030. The van der Waals surface area contributed by atoms with Gasteiger partial charge in [0.1, 0.15) is 0 Å². The second-order valence-electron chi connectivity index (χ2n) is 7.74. The minimum absolute atomic E-state index is 0.702. The molecule has 0 unspecified atom stereocenters. The first-order valence-corrected chi connectivity index (χ1v) is 10.3. The molecule has 29 heavy (non-hydrogen) atoms. The standard InChI is InChI=1S/C26H23N3/c1-3-10-21(11-4-1)24-27-25(22-12-5-2-6-13-22)29-26(28-24)23-16-14-20(15-17-23)18-19-8-7-9-19/h1-6,10-17,19H,7-9,18H2. The first kappa shape index (κ1) is 17.7. The number of nitrogens with zero attached hydrogens (tertiary/aromatic N) is 3. The van der Waals surface area contributed by atoms with E-state index in [0.717, 1.165) is 22.6 Å². The number of rotatable bonds is 5. The first-order chi connectivity index (χ1) is 14.3. The van der Waals surface area contributed by atoms with E-state index < -0.39 is 0 Å². The maximum absolute atomic E-state index is 4.80. The van der Waals surface area contributed by atoms with Crippen LogP contribution in [0.4, 0.5) is 0 Å². The zero-order valence-electron chi connectivity index (χ0n) is 16.3. The highest BCUT2D eigenvalue weighted by Gasteiger charge is 2.18. The molecule has 0 aliphatic heterocycles. The second kappa shape index (κ2) is 7.96. The Morgan fingerprint density at radius 3 is 1.41 bits per heavy atom. The lowest BCUT2D eigenvalue weighted by Gasteiger charge is -2.25. The van der Waals surface area contributed by atoms with Crippen molar-refractivity contribution in [2.75, 3.05) is 0 Å². The van der Waals surface area contributed by atoms with Crippen molar-refractivity contribution in [1.82, 2.24) is 15.0 Å². The third-order valence-electron chi connectivity index (χ3n) is 5.66. The molecule has 1 aliphatic carbocycles. The van der Waals surface area contributed by atoms with Crippen molar-refractivity contribution >= 4 is 0 Å². The van der Waals surface area contributed by atoms with Crippen LogP contribution in [0, 0.1) is 5.92 Å². The van der Waals surface area contributed by atoms with Gasteiger partial charge in [0.2, 0.25) is 0 Å². The lowest BCUT2D eigenvalue weighted by molar-refractivity contribution is 0.314. The van der Waals surface area contributed by atoms with E-state index in [2.05, 4.69) is 24.3 Å². The summed E-state index contributed by atoms with van der Waals surface area (Å²) in [7, 11) is 0.